The lowest BCUT2D eigenvalue weighted by molar-refractivity contribution is -0.144. The van der Waals surface area contributed by atoms with E-state index in [-0.39, 0.29) is 12.4 Å². The van der Waals surface area contributed by atoms with Gasteiger partial charge in [-0.1, -0.05) is 6.08 Å². The molecule has 0 radical (unpaired) electrons. The molecule has 5 heteroatoms. The Morgan fingerprint density at radius 2 is 2.23 bits per heavy atom. The van der Waals surface area contributed by atoms with E-state index in [1.54, 1.807) is 11.3 Å². The summed E-state index contributed by atoms with van der Waals surface area (Å²) in [5, 5.41) is 19.8. The number of fused-ring (bicyclic) bond motifs is 2. The fourth-order valence-electron chi connectivity index (χ4n) is 2.75. The van der Waals surface area contributed by atoms with Crippen molar-refractivity contribution in [1.29, 1.82) is 0 Å². The van der Waals surface area contributed by atoms with Gasteiger partial charge in [-0.2, -0.15) is 0 Å². The van der Waals surface area contributed by atoms with E-state index in [1.165, 1.54) is 4.88 Å². The lowest BCUT2D eigenvalue weighted by Crippen LogP contribution is -2.29. The second-order valence-corrected chi connectivity index (χ2v) is 6.69. The Morgan fingerprint density at radius 1 is 1.41 bits per heavy atom. The largest absolute Gasteiger partial charge is 0.501 e. The Bertz CT molecular complexity index is 782. The molecular formula is C17H18O4S. The molecule has 2 heterocycles. The summed E-state index contributed by atoms with van der Waals surface area (Å²) >= 11 is 1.65. The van der Waals surface area contributed by atoms with Gasteiger partial charge in [0.1, 0.15) is 6.10 Å². The third-order valence-electron chi connectivity index (χ3n) is 3.78. The number of thiophene rings is 1. The maximum atomic E-state index is 11.8. The van der Waals surface area contributed by atoms with Gasteiger partial charge in [-0.3, -0.25) is 0 Å². The molecule has 1 aromatic heterocycles. The Labute approximate surface area is 132 Å². The van der Waals surface area contributed by atoms with Gasteiger partial charge in [-0.25, -0.2) is 4.79 Å². The van der Waals surface area contributed by atoms with Crippen LogP contribution in [0.3, 0.4) is 0 Å². The smallest absolute Gasteiger partial charge is 0.374 e. The van der Waals surface area contributed by atoms with Gasteiger partial charge >= 0.3 is 5.97 Å². The first kappa shape index (κ1) is 15.1. The lowest BCUT2D eigenvalue weighted by atomic mass is 9.99. The molecule has 1 aliphatic carbocycles. The minimum atomic E-state index is -0.674. The minimum absolute atomic E-state index is 0.192. The van der Waals surface area contributed by atoms with Crippen LogP contribution in [0.5, 0.6) is 0 Å². The van der Waals surface area contributed by atoms with Crippen molar-refractivity contribution in [3.8, 4) is 0 Å². The number of ether oxygens (including phenoxy) is 1. The topological polar surface area (TPSA) is 66.8 Å². The molecule has 1 aliphatic heterocycles. The molecule has 0 aromatic carbocycles. The molecule has 4 nitrogen and oxygen atoms in total. The van der Waals surface area contributed by atoms with Crippen LogP contribution >= 0.6 is 11.3 Å². The Balaban J connectivity index is 1.96. The van der Waals surface area contributed by atoms with Crippen LogP contribution in [0.2, 0.25) is 0 Å². The highest BCUT2D eigenvalue weighted by Crippen LogP contribution is 2.31. The number of esters is 1. The summed E-state index contributed by atoms with van der Waals surface area (Å²) in [5.74, 6) is -0.979. The summed E-state index contributed by atoms with van der Waals surface area (Å²) in [6, 6.07) is 2.05. The molecule has 3 rings (SSSR count). The molecule has 22 heavy (non-hydrogen) atoms. The standard InChI is InChI=1S/C17H18O4S/c1-10-8-11-9-12-14(16(11)22-10)13(21-17(20)15(12)19)6-4-2-3-5-7-18/h4,6,8-9,13,18-19H,2-3,5,7H2,1H3/b6-4+. The van der Waals surface area contributed by atoms with E-state index >= 15 is 0 Å². The highest BCUT2D eigenvalue weighted by Gasteiger charge is 2.34. The van der Waals surface area contributed by atoms with E-state index in [2.05, 4.69) is 6.07 Å². The van der Waals surface area contributed by atoms with Crippen LogP contribution in [0.25, 0.3) is 11.6 Å². The van der Waals surface area contributed by atoms with Crippen LogP contribution in [-0.4, -0.2) is 28.9 Å². The van der Waals surface area contributed by atoms with Crippen LogP contribution in [0.1, 0.15) is 24.1 Å². The minimum Gasteiger partial charge on any atom is -0.501 e. The Morgan fingerprint density at radius 3 is 3.00 bits per heavy atom. The predicted molar refractivity (Wildman–Crippen MR) is 85.8 cm³/mol. The van der Waals surface area contributed by atoms with Gasteiger partial charge in [0, 0.05) is 27.2 Å². The zero-order valence-corrected chi connectivity index (χ0v) is 13.2. The van der Waals surface area contributed by atoms with Gasteiger partial charge in [-0.15, -0.1) is 11.3 Å². The Hall–Kier alpha value is -1.85. The van der Waals surface area contributed by atoms with Crippen LogP contribution < -0.4 is 9.75 Å². The number of carbonyl (C=O) groups is 1. The van der Waals surface area contributed by atoms with Gasteiger partial charge in [0.05, 0.1) is 0 Å². The number of hydrogen-bond acceptors (Lipinski definition) is 5. The number of aryl methyl sites for hydroxylation is 1. The summed E-state index contributed by atoms with van der Waals surface area (Å²) < 4.78 is 6.42. The van der Waals surface area contributed by atoms with Crippen molar-refractivity contribution in [2.45, 2.75) is 32.3 Å². The molecule has 2 aliphatic rings. The molecule has 0 saturated heterocycles. The fraction of sp³-hybridized carbons (Fsp3) is 0.353. The third-order valence-corrected chi connectivity index (χ3v) is 4.87. The van der Waals surface area contributed by atoms with Gasteiger partial charge in [0.15, 0.2) is 0 Å². The quantitative estimate of drug-likeness (QED) is 0.490. The van der Waals surface area contributed by atoms with E-state index < -0.39 is 12.1 Å². The van der Waals surface area contributed by atoms with Crippen molar-refractivity contribution in [3.05, 3.63) is 44.2 Å². The second kappa shape index (κ2) is 6.10. The average molecular weight is 318 g/mol. The number of rotatable bonds is 5. The average Bonchev–Trinajstić information content (AvgIpc) is 3.00. The number of unbranched alkanes of at least 4 members (excludes halogenated alkanes) is 2. The molecule has 1 unspecified atom stereocenters. The van der Waals surface area contributed by atoms with Crippen molar-refractivity contribution >= 4 is 29.0 Å². The van der Waals surface area contributed by atoms with Crippen LogP contribution in [0.4, 0.5) is 0 Å². The first-order valence-electron chi connectivity index (χ1n) is 7.36. The molecule has 0 fully saturated rings. The highest BCUT2D eigenvalue weighted by atomic mass is 32.1. The summed E-state index contributed by atoms with van der Waals surface area (Å²) in [6.45, 7) is 2.23. The highest BCUT2D eigenvalue weighted by molar-refractivity contribution is 7.10. The van der Waals surface area contributed by atoms with Gasteiger partial charge in [0.2, 0.25) is 5.76 Å². The van der Waals surface area contributed by atoms with Crippen LogP contribution in [0.15, 0.2) is 29.6 Å². The van der Waals surface area contributed by atoms with Crippen LogP contribution in [0, 0.1) is 6.92 Å². The second-order valence-electron chi connectivity index (χ2n) is 5.44. The molecule has 0 spiro atoms. The first-order valence-corrected chi connectivity index (χ1v) is 8.18. The van der Waals surface area contributed by atoms with Crippen molar-refractivity contribution < 1.29 is 19.7 Å². The first-order chi connectivity index (χ1) is 10.6. The molecule has 1 atom stereocenters. The maximum Gasteiger partial charge on any atom is 0.374 e. The summed E-state index contributed by atoms with van der Waals surface area (Å²) in [4.78, 5) is 13.0. The molecular weight excluding hydrogens is 300 g/mol. The molecule has 0 bridgehead atoms. The molecule has 0 saturated carbocycles. The van der Waals surface area contributed by atoms with E-state index in [0.29, 0.717) is 5.57 Å². The maximum absolute atomic E-state index is 11.8. The number of hydrogen-bond donors (Lipinski definition) is 2. The summed E-state index contributed by atoms with van der Waals surface area (Å²) in [5.41, 5.74) is 1.46. The lowest BCUT2D eigenvalue weighted by Gasteiger charge is -2.22. The Kier molecular flexibility index (Phi) is 4.18. The van der Waals surface area contributed by atoms with Crippen molar-refractivity contribution in [3.63, 3.8) is 0 Å². The zero-order valence-electron chi connectivity index (χ0n) is 12.3. The number of aliphatic hydroxyl groups is 2. The molecule has 1 aromatic rings. The predicted octanol–water partition coefficient (Wildman–Crippen LogP) is 1.46. The monoisotopic (exact) mass is 318 g/mol. The molecule has 0 amide bonds. The summed E-state index contributed by atoms with van der Waals surface area (Å²) in [6.07, 6.45) is 7.73. The fourth-order valence-corrected chi connectivity index (χ4v) is 3.83. The summed E-state index contributed by atoms with van der Waals surface area (Å²) in [7, 11) is 0. The third kappa shape index (κ3) is 2.62. The van der Waals surface area contributed by atoms with E-state index in [1.807, 2.05) is 25.2 Å². The number of aliphatic hydroxyl groups excluding tert-OH is 2. The van der Waals surface area contributed by atoms with Crippen molar-refractivity contribution in [2.75, 3.05) is 6.61 Å². The van der Waals surface area contributed by atoms with Crippen molar-refractivity contribution in [2.24, 2.45) is 0 Å². The van der Waals surface area contributed by atoms with Gasteiger partial charge < -0.3 is 14.9 Å². The molecule has 2 N–H and O–H groups in total. The van der Waals surface area contributed by atoms with Gasteiger partial charge in [0.25, 0.3) is 0 Å². The number of carbonyl (C=O) groups excluding carboxylic acids is 1. The van der Waals surface area contributed by atoms with E-state index in [9.17, 15) is 9.90 Å². The SMILES string of the molecule is Cc1cc2c(s1)=C1C(=C(O)C(=O)OC1/C=C/CCCCO)C=2. The number of allylic oxidation sites excluding steroid dienone is 1. The van der Waals surface area contributed by atoms with Crippen LogP contribution in [-0.2, 0) is 9.53 Å². The van der Waals surface area contributed by atoms with Crippen molar-refractivity contribution in [1.82, 2.24) is 0 Å². The molecule has 116 valence electrons. The normalized spacial score (nSPS) is 20.2. The van der Waals surface area contributed by atoms with Gasteiger partial charge in [-0.05, 0) is 49.6 Å². The van der Waals surface area contributed by atoms with E-state index in [4.69, 9.17) is 9.84 Å². The number of cyclic esters (lactones) is 1. The zero-order chi connectivity index (χ0) is 15.7. The van der Waals surface area contributed by atoms with E-state index in [0.717, 1.165) is 34.6 Å².